The Hall–Kier alpha value is -3.77. The van der Waals surface area contributed by atoms with E-state index in [4.69, 9.17) is 15.4 Å². The monoisotopic (exact) mass is 443 g/mol. The standard InChI is InChI=1S/C20H16F3N7O2/c21-14-10-29(20-27-3-1-13(7-25)28-20)18(23)17(22)16(14)19(31)30-15(2-4-32-30)12-5-11(6-24)8-26-9-12/h1,3,5,8-9,14-18H,2,4,10H2/t14?,15-,16?,17?,18?/m0/s1. The van der Waals surface area contributed by atoms with Crippen molar-refractivity contribution in [1.82, 2.24) is 20.0 Å². The molecule has 2 aromatic rings. The minimum absolute atomic E-state index is 0.0901. The predicted molar refractivity (Wildman–Crippen MR) is 101 cm³/mol. The zero-order valence-corrected chi connectivity index (χ0v) is 16.5. The minimum Gasteiger partial charge on any atom is -0.305 e. The molecule has 4 rings (SSSR count). The van der Waals surface area contributed by atoms with E-state index < -0.39 is 43.1 Å². The van der Waals surface area contributed by atoms with Crippen LogP contribution in [0.5, 0.6) is 0 Å². The Balaban J connectivity index is 1.56. The third-order valence-corrected chi connectivity index (χ3v) is 5.36. The summed E-state index contributed by atoms with van der Waals surface area (Å²) in [5.41, 5.74) is 0.634. The molecule has 164 valence electrons. The van der Waals surface area contributed by atoms with Crippen LogP contribution >= 0.6 is 0 Å². The van der Waals surface area contributed by atoms with Crippen LogP contribution in [-0.2, 0) is 9.63 Å². The number of halogens is 3. The van der Waals surface area contributed by atoms with Crippen LogP contribution in [-0.4, -0.2) is 57.7 Å². The van der Waals surface area contributed by atoms with Gasteiger partial charge in [-0.05, 0) is 17.7 Å². The highest BCUT2D eigenvalue weighted by Crippen LogP contribution is 2.37. The van der Waals surface area contributed by atoms with Gasteiger partial charge in [0.15, 0.2) is 6.17 Å². The third kappa shape index (κ3) is 3.81. The fourth-order valence-electron chi connectivity index (χ4n) is 3.81. The van der Waals surface area contributed by atoms with Crippen LogP contribution < -0.4 is 4.90 Å². The van der Waals surface area contributed by atoms with Crippen molar-refractivity contribution < 1.29 is 22.8 Å². The second-order valence-corrected chi connectivity index (χ2v) is 7.29. The van der Waals surface area contributed by atoms with Crippen LogP contribution in [0.3, 0.4) is 0 Å². The number of aromatic nitrogens is 3. The molecule has 12 heteroatoms. The van der Waals surface area contributed by atoms with Crippen molar-refractivity contribution in [2.24, 2.45) is 5.92 Å². The van der Waals surface area contributed by atoms with Crippen LogP contribution in [0, 0.1) is 28.6 Å². The number of anilines is 1. The summed E-state index contributed by atoms with van der Waals surface area (Å²) in [6.45, 7) is -0.579. The van der Waals surface area contributed by atoms with Crippen LogP contribution in [0.15, 0.2) is 30.7 Å². The first kappa shape index (κ1) is 21.5. The molecule has 4 unspecified atom stereocenters. The Morgan fingerprint density at radius 3 is 2.78 bits per heavy atom. The van der Waals surface area contributed by atoms with Gasteiger partial charge in [-0.15, -0.1) is 0 Å². The lowest BCUT2D eigenvalue weighted by molar-refractivity contribution is -0.189. The number of nitriles is 2. The second kappa shape index (κ2) is 8.77. The fourth-order valence-corrected chi connectivity index (χ4v) is 3.81. The molecule has 0 saturated carbocycles. The molecular formula is C20H16F3N7O2. The molecule has 32 heavy (non-hydrogen) atoms. The quantitative estimate of drug-likeness (QED) is 0.660. The van der Waals surface area contributed by atoms with E-state index in [0.717, 1.165) is 5.06 Å². The number of amides is 1. The van der Waals surface area contributed by atoms with Crippen LogP contribution in [0.4, 0.5) is 19.1 Å². The largest absolute Gasteiger partial charge is 0.305 e. The maximum absolute atomic E-state index is 15.0. The highest BCUT2D eigenvalue weighted by molar-refractivity contribution is 5.80. The molecule has 0 aromatic carbocycles. The highest BCUT2D eigenvalue weighted by Gasteiger charge is 2.52. The summed E-state index contributed by atoms with van der Waals surface area (Å²) in [6, 6.07) is 5.74. The Kier molecular flexibility index (Phi) is 5.88. The van der Waals surface area contributed by atoms with Crippen molar-refractivity contribution in [2.45, 2.75) is 31.1 Å². The second-order valence-electron chi connectivity index (χ2n) is 7.29. The van der Waals surface area contributed by atoms with Gasteiger partial charge in [-0.25, -0.2) is 28.2 Å². The van der Waals surface area contributed by atoms with Gasteiger partial charge in [0, 0.05) is 25.0 Å². The van der Waals surface area contributed by atoms with E-state index in [1.165, 1.54) is 30.7 Å². The Morgan fingerprint density at radius 1 is 1.22 bits per heavy atom. The molecule has 2 saturated heterocycles. The maximum Gasteiger partial charge on any atom is 0.255 e. The number of nitrogens with zero attached hydrogens (tertiary/aromatic N) is 7. The molecule has 1 amide bonds. The maximum atomic E-state index is 15.0. The number of hydrogen-bond donors (Lipinski definition) is 0. The SMILES string of the molecule is N#Cc1cncc([C@@H]2CCON2C(=O)C2C(F)CN(c3nccc(C#N)n3)C(F)C2F)c1. The van der Waals surface area contributed by atoms with Crippen molar-refractivity contribution in [1.29, 1.82) is 10.5 Å². The first-order valence-electron chi connectivity index (χ1n) is 9.67. The Morgan fingerprint density at radius 2 is 2.03 bits per heavy atom. The first-order chi connectivity index (χ1) is 15.4. The van der Waals surface area contributed by atoms with E-state index in [1.807, 2.05) is 6.07 Å². The summed E-state index contributed by atoms with van der Waals surface area (Å²) in [5.74, 6) is -3.33. The number of carbonyl (C=O) groups excluding carboxylic acids is 1. The molecule has 4 heterocycles. The fraction of sp³-hybridized carbons (Fsp3) is 0.400. The topological polar surface area (TPSA) is 119 Å². The molecule has 2 aliphatic heterocycles. The van der Waals surface area contributed by atoms with Gasteiger partial charge < -0.3 is 4.90 Å². The van der Waals surface area contributed by atoms with Crippen molar-refractivity contribution in [2.75, 3.05) is 18.1 Å². The third-order valence-electron chi connectivity index (χ3n) is 5.36. The lowest BCUT2D eigenvalue weighted by Gasteiger charge is -2.40. The molecule has 0 bridgehead atoms. The molecule has 5 atom stereocenters. The van der Waals surface area contributed by atoms with Crippen LogP contribution in [0.25, 0.3) is 0 Å². The van der Waals surface area contributed by atoms with Gasteiger partial charge in [0.25, 0.3) is 5.91 Å². The van der Waals surface area contributed by atoms with E-state index in [9.17, 15) is 9.18 Å². The van der Waals surface area contributed by atoms with Gasteiger partial charge in [0.2, 0.25) is 12.2 Å². The van der Waals surface area contributed by atoms with Gasteiger partial charge >= 0.3 is 0 Å². The number of piperidine rings is 1. The van der Waals surface area contributed by atoms with Gasteiger partial charge in [0.05, 0.1) is 24.8 Å². The minimum atomic E-state index is -2.53. The zero-order valence-electron chi connectivity index (χ0n) is 16.5. The highest BCUT2D eigenvalue weighted by atomic mass is 19.2. The number of pyridine rings is 1. The molecular weight excluding hydrogens is 427 g/mol. The van der Waals surface area contributed by atoms with Crippen LogP contribution in [0.1, 0.15) is 29.3 Å². The molecule has 0 spiro atoms. The summed E-state index contributed by atoms with van der Waals surface area (Å²) in [7, 11) is 0. The smallest absolute Gasteiger partial charge is 0.255 e. The Labute approximate surface area is 180 Å². The molecule has 2 aliphatic rings. The number of carbonyl (C=O) groups is 1. The van der Waals surface area contributed by atoms with E-state index in [0.29, 0.717) is 16.9 Å². The van der Waals surface area contributed by atoms with Crippen molar-refractivity contribution in [3.63, 3.8) is 0 Å². The Bertz CT molecular complexity index is 1110. The predicted octanol–water partition coefficient (Wildman–Crippen LogP) is 1.93. The van der Waals surface area contributed by atoms with E-state index in [2.05, 4.69) is 15.0 Å². The van der Waals surface area contributed by atoms with Gasteiger partial charge in [-0.3, -0.25) is 14.6 Å². The summed E-state index contributed by atoms with van der Waals surface area (Å²) >= 11 is 0. The average molecular weight is 443 g/mol. The lowest BCUT2D eigenvalue weighted by Crippen LogP contribution is -2.59. The molecule has 9 nitrogen and oxygen atoms in total. The number of hydroxylamine groups is 2. The zero-order chi connectivity index (χ0) is 22.8. The van der Waals surface area contributed by atoms with Crippen molar-refractivity contribution in [3.8, 4) is 12.1 Å². The van der Waals surface area contributed by atoms with Crippen molar-refractivity contribution in [3.05, 3.63) is 47.5 Å². The average Bonchev–Trinajstić information content (AvgIpc) is 3.31. The lowest BCUT2D eigenvalue weighted by atomic mass is 9.90. The van der Waals surface area contributed by atoms with Crippen molar-refractivity contribution >= 4 is 11.9 Å². The molecule has 0 N–H and O–H groups in total. The number of hydrogen-bond acceptors (Lipinski definition) is 8. The number of rotatable bonds is 3. The summed E-state index contributed by atoms with van der Waals surface area (Å²) < 4.78 is 45.0. The van der Waals surface area contributed by atoms with Crippen LogP contribution in [0.2, 0.25) is 0 Å². The van der Waals surface area contributed by atoms with Gasteiger partial charge in [-0.1, -0.05) is 0 Å². The molecule has 2 aromatic heterocycles. The molecule has 2 fully saturated rings. The normalized spacial score (nSPS) is 27.6. The summed E-state index contributed by atoms with van der Waals surface area (Å²) in [5, 5.41) is 18.8. The summed E-state index contributed by atoms with van der Waals surface area (Å²) in [4.78, 5) is 30.5. The number of alkyl halides is 3. The first-order valence-corrected chi connectivity index (χ1v) is 9.67. The van der Waals surface area contributed by atoms with E-state index in [1.54, 1.807) is 6.07 Å². The summed E-state index contributed by atoms with van der Waals surface area (Å²) in [6.07, 6.45) is -2.76. The van der Waals surface area contributed by atoms with E-state index in [-0.39, 0.29) is 23.8 Å². The van der Waals surface area contributed by atoms with E-state index >= 15 is 8.78 Å². The molecule has 0 aliphatic carbocycles. The molecule has 0 radical (unpaired) electrons. The van der Waals surface area contributed by atoms with Gasteiger partial charge in [0.1, 0.15) is 29.9 Å². The van der Waals surface area contributed by atoms with Gasteiger partial charge in [-0.2, -0.15) is 10.5 Å².